The van der Waals surface area contributed by atoms with E-state index in [-0.39, 0.29) is 24.2 Å². The number of amides is 2. The first-order valence-electron chi connectivity index (χ1n) is 16.1. The fraction of sp³-hybridized carbons (Fsp3) is 0.828. The summed E-state index contributed by atoms with van der Waals surface area (Å²) in [4.78, 5) is 27.0. The molecule has 7 N–H and O–H groups in total. The Morgan fingerprint density at radius 3 is 1.46 bits per heavy atom. The molecule has 12 heteroatoms. The van der Waals surface area contributed by atoms with Crippen LogP contribution in [0.15, 0.2) is 15.0 Å². The van der Waals surface area contributed by atoms with Crippen LogP contribution in [0.3, 0.4) is 0 Å². The third-order valence-electron chi connectivity index (χ3n) is 9.76. The number of aliphatic imine (C=N–C) groups is 3. The number of urea groups is 1. The van der Waals surface area contributed by atoms with Gasteiger partial charge in [0.2, 0.25) is 0 Å². The number of hydrogen-bond acceptors (Lipinski definition) is 8. The van der Waals surface area contributed by atoms with E-state index in [1.807, 2.05) is 0 Å². The van der Waals surface area contributed by atoms with Crippen molar-refractivity contribution >= 4 is 40.9 Å². The van der Waals surface area contributed by atoms with E-state index in [2.05, 4.69) is 47.2 Å². The molecule has 0 saturated heterocycles. The maximum absolute atomic E-state index is 13.1. The van der Waals surface area contributed by atoms with Crippen LogP contribution in [0, 0.1) is 17.8 Å². The van der Waals surface area contributed by atoms with Crippen LogP contribution in [0.2, 0.25) is 0 Å². The molecule has 3 aliphatic carbocycles. The molecule has 3 heterocycles. The van der Waals surface area contributed by atoms with Crippen molar-refractivity contribution in [1.29, 1.82) is 0 Å². The molecule has 0 spiro atoms. The molecule has 3 saturated carbocycles. The second kappa shape index (κ2) is 13.6. The van der Waals surface area contributed by atoms with Crippen molar-refractivity contribution in [1.82, 2.24) is 37.2 Å². The summed E-state index contributed by atoms with van der Waals surface area (Å²) in [5.74, 6) is 4.87. The molecule has 6 aliphatic rings. The number of nitrogens with one attached hydrogen (secondary N) is 7. The molecule has 226 valence electrons. The maximum Gasteiger partial charge on any atom is 0.315 e. The Labute approximate surface area is 249 Å². The highest BCUT2D eigenvalue weighted by Crippen LogP contribution is 2.29. The highest BCUT2D eigenvalue weighted by Gasteiger charge is 2.35. The summed E-state index contributed by atoms with van der Waals surface area (Å²) < 4.78 is 0. The van der Waals surface area contributed by atoms with Crippen molar-refractivity contribution in [2.24, 2.45) is 32.7 Å². The second-order valence-corrected chi connectivity index (χ2v) is 13.1. The first-order chi connectivity index (χ1) is 20.1. The smallest absolute Gasteiger partial charge is 0.315 e. The van der Waals surface area contributed by atoms with E-state index < -0.39 is 0 Å². The lowest BCUT2D eigenvalue weighted by molar-refractivity contribution is 0.217. The number of carbonyl (C=O) groups excluding carboxylic acids is 1. The highest BCUT2D eigenvalue weighted by molar-refractivity contribution is 7.80. The minimum atomic E-state index is -0.0469. The first kappa shape index (κ1) is 28.5. The Bertz CT molecular complexity index is 963. The van der Waals surface area contributed by atoms with Gasteiger partial charge in [-0.3, -0.25) is 15.0 Å². The maximum atomic E-state index is 13.1. The van der Waals surface area contributed by atoms with Gasteiger partial charge in [-0.2, -0.15) is 0 Å². The fourth-order valence-corrected chi connectivity index (χ4v) is 8.03. The van der Waals surface area contributed by atoms with Crippen LogP contribution in [0.4, 0.5) is 4.79 Å². The summed E-state index contributed by atoms with van der Waals surface area (Å²) in [6, 6.07) is 0.843. The molecule has 0 aromatic rings. The van der Waals surface area contributed by atoms with Crippen molar-refractivity contribution in [3.8, 4) is 0 Å². The number of thiocarbonyl (C=S) groups is 1. The third kappa shape index (κ3) is 7.61. The standard InChI is InChI=1S/C29H48N10OS/c40-28(36-21-5-1-18(2-6-21)25-30-9-10-31-25)37-23-15-20(27-34-13-14-35-27)16-24(17-23)39-29(41)38-22-7-3-19(4-8-22)26-32-11-12-33-26/h18-24H,1-17H2,(H,30,31)(H,32,33)(H,34,35)(H2,36,37,40)(H2,38,39,41). The average molecular weight is 585 g/mol. The van der Waals surface area contributed by atoms with Gasteiger partial charge in [-0.05, 0) is 82.8 Å². The monoisotopic (exact) mass is 584 g/mol. The molecular formula is C29H48N10OS. The molecule has 3 unspecified atom stereocenters. The zero-order chi connectivity index (χ0) is 28.0. The second-order valence-electron chi connectivity index (χ2n) is 12.7. The number of hydrogen-bond donors (Lipinski definition) is 7. The van der Waals surface area contributed by atoms with Crippen LogP contribution in [-0.4, -0.2) is 92.1 Å². The van der Waals surface area contributed by atoms with E-state index >= 15 is 0 Å². The molecule has 3 fully saturated rings. The largest absolute Gasteiger partial charge is 0.372 e. The van der Waals surface area contributed by atoms with Gasteiger partial charge in [-0.1, -0.05) is 0 Å². The van der Waals surface area contributed by atoms with Crippen molar-refractivity contribution in [3.63, 3.8) is 0 Å². The average Bonchev–Trinajstić information content (AvgIpc) is 3.78. The molecule has 0 bridgehead atoms. The van der Waals surface area contributed by atoms with E-state index in [1.54, 1.807) is 0 Å². The van der Waals surface area contributed by atoms with Crippen molar-refractivity contribution in [3.05, 3.63) is 0 Å². The van der Waals surface area contributed by atoms with Gasteiger partial charge in [-0.25, -0.2) is 4.79 Å². The predicted octanol–water partition coefficient (Wildman–Crippen LogP) is 1.41. The summed E-state index contributed by atoms with van der Waals surface area (Å²) in [6.45, 7) is 5.49. The molecular weight excluding hydrogens is 536 g/mol. The van der Waals surface area contributed by atoms with Crippen molar-refractivity contribution < 1.29 is 4.79 Å². The van der Waals surface area contributed by atoms with Gasteiger partial charge in [-0.15, -0.1) is 0 Å². The fourth-order valence-electron chi connectivity index (χ4n) is 7.69. The van der Waals surface area contributed by atoms with Gasteiger partial charge in [0.25, 0.3) is 0 Å². The summed E-state index contributed by atoms with van der Waals surface area (Å²) in [7, 11) is 0. The van der Waals surface area contributed by atoms with Crippen molar-refractivity contribution in [2.45, 2.75) is 94.8 Å². The highest BCUT2D eigenvalue weighted by atomic mass is 32.1. The Balaban J connectivity index is 0.970. The molecule has 3 atom stereocenters. The van der Waals surface area contributed by atoms with E-state index in [9.17, 15) is 4.79 Å². The lowest BCUT2D eigenvalue weighted by Crippen LogP contribution is -2.55. The molecule has 41 heavy (non-hydrogen) atoms. The molecule has 6 rings (SSSR count). The minimum absolute atomic E-state index is 0.0469. The number of rotatable bonds is 7. The van der Waals surface area contributed by atoms with Gasteiger partial charge in [0.15, 0.2) is 5.11 Å². The zero-order valence-electron chi connectivity index (χ0n) is 24.2. The van der Waals surface area contributed by atoms with Crippen LogP contribution >= 0.6 is 12.2 Å². The minimum Gasteiger partial charge on any atom is -0.372 e. The van der Waals surface area contributed by atoms with Crippen LogP contribution in [0.25, 0.3) is 0 Å². The number of amidine groups is 3. The third-order valence-corrected chi connectivity index (χ3v) is 10.00. The first-order valence-corrected chi connectivity index (χ1v) is 16.5. The van der Waals surface area contributed by atoms with Gasteiger partial charge >= 0.3 is 6.03 Å². The molecule has 0 aromatic heterocycles. The van der Waals surface area contributed by atoms with Crippen LogP contribution < -0.4 is 37.2 Å². The lowest BCUT2D eigenvalue weighted by atomic mass is 9.81. The Morgan fingerprint density at radius 2 is 0.976 bits per heavy atom. The zero-order valence-corrected chi connectivity index (χ0v) is 25.0. The SMILES string of the molecule is O=C(NC1CCC(C2=NCCN2)CC1)NC1CC(NC(=S)NC2CCC(C3=NCCN3)CC2)CC(C2=NCCN2)C1. The quantitative estimate of drug-likeness (QED) is 0.225. The summed E-state index contributed by atoms with van der Waals surface area (Å²) in [6.07, 6.45) is 11.4. The molecule has 11 nitrogen and oxygen atoms in total. The lowest BCUT2D eigenvalue weighted by Gasteiger charge is -2.37. The normalized spacial score (nSPS) is 35.1. The predicted molar refractivity (Wildman–Crippen MR) is 168 cm³/mol. The molecule has 0 radical (unpaired) electrons. The van der Waals surface area contributed by atoms with Crippen LogP contribution in [-0.2, 0) is 0 Å². The van der Waals surface area contributed by atoms with Gasteiger partial charge in [0.05, 0.1) is 37.1 Å². The van der Waals surface area contributed by atoms with E-state index in [4.69, 9.17) is 17.2 Å². The summed E-state index contributed by atoms with van der Waals surface area (Å²) >= 11 is 5.79. The Hall–Kier alpha value is -2.63. The Kier molecular flexibility index (Phi) is 9.42. The van der Waals surface area contributed by atoms with E-state index in [1.165, 1.54) is 11.7 Å². The molecule has 0 aromatic carbocycles. The van der Waals surface area contributed by atoms with E-state index in [0.29, 0.717) is 23.8 Å². The van der Waals surface area contributed by atoms with Crippen LogP contribution in [0.5, 0.6) is 0 Å². The van der Waals surface area contributed by atoms with E-state index in [0.717, 1.165) is 121 Å². The topological polar surface area (TPSA) is 138 Å². The van der Waals surface area contributed by atoms with Crippen LogP contribution in [0.1, 0.15) is 70.6 Å². The Morgan fingerprint density at radius 1 is 0.561 bits per heavy atom. The molecule has 3 aliphatic heterocycles. The summed E-state index contributed by atoms with van der Waals surface area (Å²) in [5, 5.41) is 24.9. The number of nitrogens with zero attached hydrogens (tertiary/aromatic N) is 3. The van der Waals surface area contributed by atoms with Gasteiger partial charge < -0.3 is 37.2 Å². The van der Waals surface area contributed by atoms with Crippen molar-refractivity contribution in [2.75, 3.05) is 39.3 Å². The van der Waals surface area contributed by atoms with Gasteiger partial charge in [0.1, 0.15) is 0 Å². The molecule has 2 amide bonds. The summed E-state index contributed by atoms with van der Waals surface area (Å²) in [5.41, 5.74) is 0. The number of carbonyl (C=O) groups is 1. The van der Waals surface area contributed by atoms with Gasteiger partial charge in [0, 0.05) is 61.6 Å².